The van der Waals surface area contributed by atoms with Gasteiger partial charge in [-0.3, -0.25) is 14.8 Å². The lowest BCUT2D eigenvalue weighted by Crippen LogP contribution is -2.61. The number of β-amino-alcohol motifs (C(OH)–C–C–N with tert-alkyl or cyclic N) is 1. The predicted octanol–water partition coefficient (Wildman–Crippen LogP) is 2.51. The van der Waals surface area contributed by atoms with Crippen LogP contribution >= 0.6 is 11.6 Å². The number of sulfonamides is 1. The van der Waals surface area contributed by atoms with Gasteiger partial charge in [0.05, 0.1) is 33.0 Å². The topological polar surface area (TPSA) is 137 Å². The van der Waals surface area contributed by atoms with E-state index in [9.17, 15) is 23.6 Å². The zero-order chi connectivity index (χ0) is 20.5. The third-order valence-electron chi connectivity index (χ3n) is 4.29. The molecule has 0 aliphatic carbocycles. The molecule has 3 rings (SSSR count). The van der Waals surface area contributed by atoms with Crippen LogP contribution in [0.15, 0.2) is 47.4 Å². The molecule has 0 unspecified atom stereocenters. The van der Waals surface area contributed by atoms with E-state index in [1.807, 2.05) is 6.07 Å². The molecule has 1 fully saturated rings. The molecule has 0 spiro atoms. The number of hydrogen-bond donors (Lipinski definition) is 2. The standard InChI is InChI=1S/C17H15ClN4O5S/c18-13-3-1-2-4-14(13)20-28(26,27)12-5-6-15(16(9-12)22(24)25)21-10-17(23,11-21)7-8-19/h1-6,9,20,23H,7,10-11H2. The van der Waals surface area contributed by atoms with Crippen LogP contribution in [0.3, 0.4) is 0 Å². The quantitative estimate of drug-likeness (QED) is 0.539. The number of nitrogens with one attached hydrogen (secondary N) is 1. The van der Waals surface area contributed by atoms with E-state index >= 15 is 0 Å². The lowest BCUT2D eigenvalue weighted by Gasteiger charge is -2.46. The van der Waals surface area contributed by atoms with Gasteiger partial charge in [0, 0.05) is 19.2 Å². The Hall–Kier alpha value is -2.87. The minimum absolute atomic E-state index is 0.0470. The number of para-hydroxylation sites is 1. The van der Waals surface area contributed by atoms with Gasteiger partial charge in [-0.05, 0) is 24.3 Å². The van der Waals surface area contributed by atoms with Gasteiger partial charge in [0.25, 0.3) is 15.7 Å². The smallest absolute Gasteiger partial charge is 0.293 e. The first-order chi connectivity index (χ1) is 13.1. The molecule has 0 saturated carbocycles. The summed E-state index contributed by atoms with van der Waals surface area (Å²) in [5.41, 5.74) is -1.32. The SMILES string of the molecule is N#CCC1(O)CN(c2ccc(S(=O)(=O)Nc3ccccc3Cl)cc2[N+](=O)[O-])C1. The fourth-order valence-electron chi connectivity index (χ4n) is 2.93. The van der Waals surface area contributed by atoms with Crippen molar-refractivity contribution in [3.05, 3.63) is 57.6 Å². The van der Waals surface area contributed by atoms with Crippen molar-refractivity contribution in [1.29, 1.82) is 5.26 Å². The summed E-state index contributed by atoms with van der Waals surface area (Å²) in [6.45, 7) is 0.0940. The highest BCUT2D eigenvalue weighted by atomic mass is 35.5. The largest absolute Gasteiger partial charge is 0.385 e. The first-order valence-electron chi connectivity index (χ1n) is 8.05. The van der Waals surface area contributed by atoms with Crippen LogP contribution in [0.5, 0.6) is 0 Å². The molecule has 0 radical (unpaired) electrons. The number of hydrogen-bond acceptors (Lipinski definition) is 7. The Labute approximate surface area is 166 Å². The van der Waals surface area contributed by atoms with E-state index in [2.05, 4.69) is 4.72 Å². The van der Waals surface area contributed by atoms with Gasteiger partial charge in [-0.15, -0.1) is 0 Å². The summed E-state index contributed by atoms with van der Waals surface area (Å²) in [7, 11) is -4.10. The molecule has 2 N–H and O–H groups in total. The molecule has 1 aliphatic heterocycles. The summed E-state index contributed by atoms with van der Waals surface area (Å²) in [6.07, 6.45) is -0.0918. The highest BCUT2D eigenvalue weighted by Gasteiger charge is 2.43. The van der Waals surface area contributed by atoms with E-state index in [0.717, 1.165) is 6.07 Å². The molecule has 0 aromatic heterocycles. The highest BCUT2D eigenvalue weighted by Crippen LogP contribution is 2.37. The van der Waals surface area contributed by atoms with Crippen molar-refractivity contribution < 1.29 is 18.4 Å². The van der Waals surface area contributed by atoms with Gasteiger partial charge in [0.1, 0.15) is 11.3 Å². The minimum atomic E-state index is -4.10. The number of rotatable bonds is 6. The second kappa shape index (κ2) is 7.27. The highest BCUT2D eigenvalue weighted by molar-refractivity contribution is 7.92. The molecular weight excluding hydrogens is 408 g/mol. The predicted molar refractivity (Wildman–Crippen MR) is 103 cm³/mol. The fourth-order valence-corrected chi connectivity index (χ4v) is 4.26. The van der Waals surface area contributed by atoms with E-state index in [1.54, 1.807) is 12.1 Å². The van der Waals surface area contributed by atoms with Crippen LogP contribution in [0.2, 0.25) is 5.02 Å². The number of aliphatic hydroxyl groups is 1. The number of nitro benzene ring substituents is 1. The summed E-state index contributed by atoms with van der Waals surface area (Å²) in [4.78, 5) is 12.0. The molecule has 146 valence electrons. The maximum atomic E-state index is 12.6. The van der Waals surface area contributed by atoms with Crippen molar-refractivity contribution in [3.8, 4) is 6.07 Å². The third-order valence-corrected chi connectivity index (χ3v) is 5.98. The second-order valence-electron chi connectivity index (χ2n) is 6.41. The lowest BCUT2D eigenvalue weighted by atomic mass is 9.90. The second-order valence-corrected chi connectivity index (χ2v) is 8.50. The molecule has 0 amide bonds. The van der Waals surface area contributed by atoms with E-state index in [0.29, 0.717) is 0 Å². The van der Waals surface area contributed by atoms with Crippen molar-refractivity contribution in [2.45, 2.75) is 16.9 Å². The molecule has 2 aromatic carbocycles. The summed E-state index contributed by atoms with van der Waals surface area (Å²) in [6, 6.07) is 11.6. The Bertz CT molecular complexity index is 1080. The van der Waals surface area contributed by atoms with Gasteiger partial charge in [-0.2, -0.15) is 5.26 Å². The number of nitro groups is 1. The Balaban J connectivity index is 1.90. The van der Waals surface area contributed by atoms with Gasteiger partial charge in [0.2, 0.25) is 0 Å². The van der Waals surface area contributed by atoms with Crippen molar-refractivity contribution in [2.24, 2.45) is 0 Å². The molecule has 0 bridgehead atoms. The number of nitrogens with zero attached hydrogens (tertiary/aromatic N) is 3. The van der Waals surface area contributed by atoms with E-state index < -0.39 is 26.2 Å². The Kier molecular flexibility index (Phi) is 5.16. The van der Waals surface area contributed by atoms with Gasteiger partial charge in [-0.1, -0.05) is 23.7 Å². The number of benzene rings is 2. The fraction of sp³-hybridized carbons (Fsp3) is 0.235. The van der Waals surface area contributed by atoms with Crippen LogP contribution in [0.4, 0.5) is 17.1 Å². The Morgan fingerprint density at radius 1 is 1.32 bits per heavy atom. The van der Waals surface area contributed by atoms with Crippen LogP contribution in [-0.4, -0.2) is 37.1 Å². The number of anilines is 2. The monoisotopic (exact) mass is 422 g/mol. The maximum absolute atomic E-state index is 12.6. The molecule has 1 saturated heterocycles. The third kappa shape index (κ3) is 3.87. The summed E-state index contributed by atoms with van der Waals surface area (Å²) < 4.78 is 27.5. The van der Waals surface area contributed by atoms with Gasteiger partial charge in [0.15, 0.2) is 0 Å². The number of halogens is 1. The molecule has 0 atom stereocenters. The average molecular weight is 423 g/mol. The molecule has 1 aliphatic rings. The maximum Gasteiger partial charge on any atom is 0.293 e. The van der Waals surface area contributed by atoms with Crippen LogP contribution in [0.1, 0.15) is 6.42 Å². The molecule has 2 aromatic rings. The van der Waals surface area contributed by atoms with Crippen molar-refractivity contribution >= 4 is 38.7 Å². The molecular formula is C17H15ClN4O5S. The van der Waals surface area contributed by atoms with E-state index in [-0.39, 0.29) is 40.8 Å². The van der Waals surface area contributed by atoms with Crippen LogP contribution in [0.25, 0.3) is 0 Å². The molecule has 1 heterocycles. The van der Waals surface area contributed by atoms with E-state index in [4.69, 9.17) is 16.9 Å². The Morgan fingerprint density at radius 3 is 2.61 bits per heavy atom. The first kappa shape index (κ1) is 19.9. The van der Waals surface area contributed by atoms with Crippen molar-refractivity contribution in [1.82, 2.24) is 0 Å². The van der Waals surface area contributed by atoms with Gasteiger partial charge >= 0.3 is 0 Å². The van der Waals surface area contributed by atoms with Crippen LogP contribution in [-0.2, 0) is 10.0 Å². The van der Waals surface area contributed by atoms with Gasteiger partial charge in [-0.25, -0.2) is 8.42 Å². The average Bonchev–Trinajstić information content (AvgIpc) is 2.61. The first-order valence-corrected chi connectivity index (χ1v) is 9.91. The zero-order valence-electron chi connectivity index (χ0n) is 14.4. The Morgan fingerprint density at radius 2 is 2.00 bits per heavy atom. The van der Waals surface area contributed by atoms with Crippen LogP contribution in [0, 0.1) is 21.4 Å². The van der Waals surface area contributed by atoms with Crippen molar-refractivity contribution in [3.63, 3.8) is 0 Å². The lowest BCUT2D eigenvalue weighted by molar-refractivity contribution is -0.384. The summed E-state index contributed by atoms with van der Waals surface area (Å²) >= 11 is 5.96. The van der Waals surface area contributed by atoms with E-state index in [1.165, 1.54) is 29.2 Å². The molecule has 9 nitrogen and oxygen atoms in total. The zero-order valence-corrected chi connectivity index (χ0v) is 15.9. The summed E-state index contributed by atoms with van der Waals surface area (Å²) in [5.74, 6) is 0. The minimum Gasteiger partial charge on any atom is -0.385 e. The molecule has 28 heavy (non-hydrogen) atoms. The van der Waals surface area contributed by atoms with Crippen LogP contribution < -0.4 is 9.62 Å². The summed E-state index contributed by atoms with van der Waals surface area (Å²) in [5, 5.41) is 30.5. The van der Waals surface area contributed by atoms with Gasteiger partial charge < -0.3 is 10.0 Å². The normalized spacial score (nSPS) is 15.4. The van der Waals surface area contributed by atoms with Crippen molar-refractivity contribution in [2.75, 3.05) is 22.7 Å². The molecule has 11 heteroatoms. The number of nitriles is 1.